The summed E-state index contributed by atoms with van der Waals surface area (Å²) >= 11 is 0. The number of nitrogens with zero attached hydrogens (tertiary/aromatic N) is 2. The molecular weight excluding hydrogens is 212 g/mol. The SMILES string of the molecule is CCOC(=O)C(=O)Cc1nccnc1OC. The van der Waals surface area contributed by atoms with E-state index in [1.807, 2.05) is 0 Å². The van der Waals surface area contributed by atoms with E-state index in [4.69, 9.17) is 4.74 Å². The van der Waals surface area contributed by atoms with E-state index in [1.165, 1.54) is 19.5 Å². The molecule has 1 aromatic heterocycles. The maximum absolute atomic E-state index is 11.4. The van der Waals surface area contributed by atoms with Gasteiger partial charge < -0.3 is 9.47 Å². The molecule has 0 aliphatic rings. The highest BCUT2D eigenvalue weighted by molar-refractivity contribution is 6.34. The molecule has 0 aliphatic carbocycles. The van der Waals surface area contributed by atoms with Crippen LogP contribution in [0.5, 0.6) is 5.88 Å². The molecule has 0 atom stereocenters. The maximum Gasteiger partial charge on any atom is 0.375 e. The molecule has 0 radical (unpaired) electrons. The summed E-state index contributed by atoms with van der Waals surface area (Å²) in [7, 11) is 1.42. The van der Waals surface area contributed by atoms with Crippen LogP contribution in [0.2, 0.25) is 0 Å². The van der Waals surface area contributed by atoms with Crippen molar-refractivity contribution < 1.29 is 19.1 Å². The van der Waals surface area contributed by atoms with Crippen LogP contribution in [-0.4, -0.2) is 35.4 Å². The number of rotatable bonds is 5. The van der Waals surface area contributed by atoms with Gasteiger partial charge in [-0.3, -0.25) is 9.78 Å². The third-order valence-corrected chi connectivity index (χ3v) is 1.76. The van der Waals surface area contributed by atoms with Crippen molar-refractivity contribution in [2.75, 3.05) is 13.7 Å². The normalized spacial score (nSPS) is 9.62. The zero-order chi connectivity index (χ0) is 12.0. The van der Waals surface area contributed by atoms with Crippen molar-refractivity contribution >= 4 is 11.8 Å². The average Bonchev–Trinajstić information content (AvgIpc) is 2.30. The minimum absolute atomic E-state index is 0.169. The number of carbonyl (C=O) groups excluding carboxylic acids is 2. The highest BCUT2D eigenvalue weighted by atomic mass is 16.5. The van der Waals surface area contributed by atoms with Crippen LogP contribution < -0.4 is 4.74 Å². The fraction of sp³-hybridized carbons (Fsp3) is 0.400. The third kappa shape index (κ3) is 3.01. The van der Waals surface area contributed by atoms with E-state index >= 15 is 0 Å². The lowest BCUT2D eigenvalue weighted by atomic mass is 10.2. The Balaban J connectivity index is 2.73. The van der Waals surface area contributed by atoms with E-state index in [0.717, 1.165) is 0 Å². The number of ether oxygens (including phenoxy) is 2. The third-order valence-electron chi connectivity index (χ3n) is 1.76. The molecule has 0 bridgehead atoms. The van der Waals surface area contributed by atoms with Gasteiger partial charge in [0.1, 0.15) is 5.69 Å². The number of hydrogen-bond acceptors (Lipinski definition) is 6. The van der Waals surface area contributed by atoms with Gasteiger partial charge >= 0.3 is 5.97 Å². The van der Waals surface area contributed by atoms with Gasteiger partial charge in [-0.25, -0.2) is 9.78 Å². The van der Waals surface area contributed by atoms with Crippen molar-refractivity contribution in [3.8, 4) is 5.88 Å². The lowest BCUT2D eigenvalue weighted by Crippen LogP contribution is -2.20. The Bertz CT molecular complexity index is 392. The van der Waals surface area contributed by atoms with Gasteiger partial charge in [0, 0.05) is 12.4 Å². The van der Waals surface area contributed by atoms with Crippen molar-refractivity contribution in [1.29, 1.82) is 0 Å². The van der Waals surface area contributed by atoms with Gasteiger partial charge in [0.15, 0.2) is 0 Å². The molecular formula is C10H12N2O4. The van der Waals surface area contributed by atoms with Crippen LogP contribution in [0.1, 0.15) is 12.6 Å². The fourth-order valence-electron chi connectivity index (χ4n) is 1.08. The molecule has 0 aliphatic heterocycles. The number of aromatic nitrogens is 2. The summed E-state index contributed by atoms with van der Waals surface area (Å²) in [6, 6.07) is 0. The second-order valence-electron chi connectivity index (χ2n) is 2.83. The molecule has 0 saturated carbocycles. The van der Waals surface area contributed by atoms with Crippen molar-refractivity contribution in [3.63, 3.8) is 0 Å². The Morgan fingerprint density at radius 1 is 1.31 bits per heavy atom. The monoisotopic (exact) mass is 224 g/mol. The molecule has 6 nitrogen and oxygen atoms in total. The zero-order valence-electron chi connectivity index (χ0n) is 9.10. The molecule has 1 aromatic rings. The van der Waals surface area contributed by atoms with Gasteiger partial charge in [-0.15, -0.1) is 0 Å². The Morgan fingerprint density at radius 2 is 2.00 bits per heavy atom. The molecule has 0 fully saturated rings. The smallest absolute Gasteiger partial charge is 0.375 e. The molecule has 0 unspecified atom stereocenters. The van der Waals surface area contributed by atoms with Crippen LogP contribution >= 0.6 is 0 Å². The number of ketones is 1. The minimum Gasteiger partial charge on any atom is -0.480 e. The molecule has 0 N–H and O–H groups in total. The standard InChI is InChI=1S/C10H12N2O4/c1-3-16-10(14)8(13)6-7-9(15-2)12-5-4-11-7/h4-5H,3,6H2,1-2H3. The van der Waals surface area contributed by atoms with Crippen molar-refractivity contribution in [3.05, 3.63) is 18.1 Å². The van der Waals surface area contributed by atoms with Gasteiger partial charge in [-0.2, -0.15) is 0 Å². The van der Waals surface area contributed by atoms with Crippen molar-refractivity contribution in [2.24, 2.45) is 0 Å². The van der Waals surface area contributed by atoms with E-state index < -0.39 is 11.8 Å². The minimum atomic E-state index is -0.866. The average molecular weight is 224 g/mol. The second kappa shape index (κ2) is 5.79. The first-order valence-corrected chi connectivity index (χ1v) is 4.72. The molecule has 86 valence electrons. The molecule has 1 rings (SSSR count). The van der Waals surface area contributed by atoms with E-state index in [2.05, 4.69) is 14.7 Å². The van der Waals surface area contributed by atoms with Crippen molar-refractivity contribution in [2.45, 2.75) is 13.3 Å². The summed E-state index contributed by atoms with van der Waals surface area (Å²) in [6.45, 7) is 1.80. The number of esters is 1. The molecule has 16 heavy (non-hydrogen) atoms. The summed E-state index contributed by atoms with van der Waals surface area (Å²) in [5, 5.41) is 0. The highest BCUT2D eigenvalue weighted by Crippen LogP contribution is 2.11. The maximum atomic E-state index is 11.4. The van der Waals surface area contributed by atoms with Crippen LogP contribution in [0.25, 0.3) is 0 Å². The number of methoxy groups -OCH3 is 1. The quantitative estimate of drug-likeness (QED) is 0.523. The fourth-order valence-corrected chi connectivity index (χ4v) is 1.08. The van der Waals surface area contributed by atoms with E-state index in [9.17, 15) is 9.59 Å². The molecule has 0 amide bonds. The summed E-state index contributed by atoms with van der Waals surface area (Å²) in [5.74, 6) is -1.30. The summed E-state index contributed by atoms with van der Waals surface area (Å²) in [6.07, 6.45) is 2.70. The largest absolute Gasteiger partial charge is 0.480 e. The van der Waals surface area contributed by atoms with Crippen LogP contribution in [0.4, 0.5) is 0 Å². The first-order valence-electron chi connectivity index (χ1n) is 4.72. The highest BCUT2D eigenvalue weighted by Gasteiger charge is 2.18. The number of Topliss-reactive ketones (excluding diaryl/α,β-unsaturated/α-hetero) is 1. The predicted octanol–water partition coefficient (Wildman–Crippen LogP) is 0.160. The van der Waals surface area contributed by atoms with Gasteiger partial charge in [-0.1, -0.05) is 0 Å². The van der Waals surface area contributed by atoms with Gasteiger partial charge in [0.25, 0.3) is 0 Å². The lowest BCUT2D eigenvalue weighted by Gasteiger charge is -2.04. The summed E-state index contributed by atoms with van der Waals surface area (Å²) < 4.78 is 9.48. The van der Waals surface area contributed by atoms with E-state index in [-0.39, 0.29) is 18.9 Å². The summed E-state index contributed by atoms with van der Waals surface area (Å²) in [4.78, 5) is 30.2. The predicted molar refractivity (Wildman–Crippen MR) is 53.9 cm³/mol. The topological polar surface area (TPSA) is 78.4 Å². The molecule has 0 spiro atoms. The van der Waals surface area contributed by atoms with Gasteiger partial charge in [-0.05, 0) is 6.92 Å². The van der Waals surface area contributed by atoms with Gasteiger partial charge in [0.05, 0.1) is 20.1 Å². The lowest BCUT2D eigenvalue weighted by molar-refractivity contribution is -0.153. The van der Waals surface area contributed by atoms with Crippen LogP contribution in [-0.2, 0) is 20.7 Å². The number of carbonyl (C=O) groups is 2. The Labute approximate surface area is 92.6 Å². The van der Waals surface area contributed by atoms with Gasteiger partial charge in [0.2, 0.25) is 11.7 Å². The van der Waals surface area contributed by atoms with Crippen LogP contribution in [0.15, 0.2) is 12.4 Å². The van der Waals surface area contributed by atoms with E-state index in [1.54, 1.807) is 6.92 Å². The summed E-state index contributed by atoms with van der Waals surface area (Å²) in [5.41, 5.74) is 0.322. The molecule has 0 saturated heterocycles. The first-order chi connectivity index (χ1) is 7.69. The Morgan fingerprint density at radius 3 is 2.62 bits per heavy atom. The Hall–Kier alpha value is -1.98. The van der Waals surface area contributed by atoms with Crippen LogP contribution in [0.3, 0.4) is 0 Å². The number of hydrogen-bond donors (Lipinski definition) is 0. The molecule has 6 heteroatoms. The van der Waals surface area contributed by atoms with Crippen molar-refractivity contribution in [1.82, 2.24) is 9.97 Å². The van der Waals surface area contributed by atoms with E-state index in [0.29, 0.717) is 5.69 Å². The second-order valence-corrected chi connectivity index (χ2v) is 2.83. The van der Waals surface area contributed by atoms with Crippen LogP contribution in [0, 0.1) is 0 Å². The molecule has 0 aromatic carbocycles. The first kappa shape index (κ1) is 12.1. The Kier molecular flexibility index (Phi) is 4.38. The molecule has 1 heterocycles. The zero-order valence-corrected chi connectivity index (χ0v) is 9.10.